The molecule has 2 aromatic carbocycles. The summed E-state index contributed by atoms with van der Waals surface area (Å²) < 4.78 is 18.5. The number of hydrogen-bond donors (Lipinski definition) is 2. The van der Waals surface area contributed by atoms with Crippen molar-refractivity contribution in [3.63, 3.8) is 0 Å². The molecule has 12 heteroatoms. The Labute approximate surface area is 300 Å². The highest BCUT2D eigenvalue weighted by molar-refractivity contribution is 5.74. The smallest absolute Gasteiger partial charge is 0.410 e. The van der Waals surface area contributed by atoms with Crippen LogP contribution in [0.5, 0.6) is 5.75 Å². The number of rotatable bonds is 7. The quantitative estimate of drug-likeness (QED) is 0.365. The van der Waals surface area contributed by atoms with Crippen LogP contribution in [0.2, 0.25) is 0 Å². The van der Waals surface area contributed by atoms with E-state index in [9.17, 15) is 9.90 Å². The highest BCUT2D eigenvalue weighted by Gasteiger charge is 2.49. The Morgan fingerprint density at radius 1 is 0.941 bits per heavy atom. The van der Waals surface area contributed by atoms with Gasteiger partial charge in [0.1, 0.15) is 12.4 Å². The number of phenols is 1. The number of anilines is 2. The van der Waals surface area contributed by atoms with Crippen LogP contribution in [0.4, 0.5) is 16.3 Å². The number of nitrogens with zero attached hydrogens (tertiary/aromatic N) is 6. The van der Waals surface area contributed by atoms with Crippen molar-refractivity contribution in [1.82, 2.24) is 24.9 Å². The van der Waals surface area contributed by atoms with E-state index in [4.69, 9.17) is 19.9 Å². The van der Waals surface area contributed by atoms with Gasteiger partial charge >= 0.3 is 6.09 Å². The predicted octanol–water partition coefficient (Wildman–Crippen LogP) is 4.38. The summed E-state index contributed by atoms with van der Waals surface area (Å²) in [5.41, 5.74) is 9.53. The third-order valence-corrected chi connectivity index (χ3v) is 12.0. The normalized spacial score (nSPS) is 25.9. The molecule has 3 aromatic rings. The van der Waals surface area contributed by atoms with E-state index in [2.05, 4.69) is 24.9 Å². The van der Waals surface area contributed by atoms with E-state index in [1.54, 1.807) is 12.1 Å². The molecule has 2 spiro atoms. The van der Waals surface area contributed by atoms with Crippen LogP contribution in [-0.2, 0) is 20.8 Å². The predicted molar refractivity (Wildman–Crippen MR) is 194 cm³/mol. The van der Waals surface area contributed by atoms with Crippen LogP contribution in [0.1, 0.15) is 44.1 Å². The Morgan fingerprint density at radius 2 is 1.75 bits per heavy atom. The number of nitrogens with two attached hydrogens (primary N) is 1. The third-order valence-electron chi connectivity index (χ3n) is 12.0. The first-order chi connectivity index (χ1) is 24.9. The number of ether oxygens (including phenoxy) is 3. The minimum absolute atomic E-state index is 0.170. The number of hydrogen-bond acceptors (Lipinski definition) is 11. The number of carbonyl (C=O) groups excluding carboxylic acids is 1. The molecule has 5 aliphatic rings. The standard InChI is InChI=1S/C39H51N7O5/c40-36-34(21-33(41-42-36)32-9-4-5-10-35(32)47)46-14-6-11-39(28-46)27-43(17-20-51-39)24-31-25-45(18-19-49-31)30-22-38(23-30)12-15-44(16-13-38)37(48)50-26-29-7-2-1-3-8-29/h1-5,7-10,21,30-31,47H,6,11-20,22-28H2,(H2,40,42)/t31-,39?/m0/s1. The molecule has 12 nitrogen and oxygen atoms in total. The maximum absolute atomic E-state index is 12.7. The van der Waals surface area contributed by atoms with Gasteiger partial charge in [0, 0.05) is 70.5 Å². The van der Waals surface area contributed by atoms with Gasteiger partial charge in [-0.3, -0.25) is 9.80 Å². The average Bonchev–Trinajstić information content (AvgIpc) is 3.14. The number of morpholine rings is 2. The molecule has 0 radical (unpaired) electrons. The van der Waals surface area contributed by atoms with E-state index in [1.165, 1.54) is 12.8 Å². The van der Waals surface area contributed by atoms with Gasteiger partial charge in [0.2, 0.25) is 0 Å². The number of likely N-dealkylation sites (tertiary alicyclic amines) is 1. The second-order valence-corrected chi connectivity index (χ2v) is 15.4. The van der Waals surface area contributed by atoms with Gasteiger partial charge in [0.15, 0.2) is 5.82 Å². The van der Waals surface area contributed by atoms with E-state index >= 15 is 0 Å². The largest absolute Gasteiger partial charge is 0.507 e. The first-order valence-electron chi connectivity index (χ1n) is 18.7. The zero-order valence-electron chi connectivity index (χ0n) is 29.5. The minimum atomic E-state index is -0.293. The summed E-state index contributed by atoms with van der Waals surface area (Å²) in [6, 6.07) is 19.6. The van der Waals surface area contributed by atoms with Crippen molar-refractivity contribution in [2.45, 2.75) is 62.9 Å². The molecule has 1 aromatic heterocycles. The molecule has 0 bridgehead atoms. The summed E-state index contributed by atoms with van der Waals surface area (Å²) in [6.07, 6.45) is 6.50. The molecule has 4 saturated heterocycles. The molecule has 1 aliphatic carbocycles. The van der Waals surface area contributed by atoms with Gasteiger partial charge in [-0.25, -0.2) is 4.79 Å². The summed E-state index contributed by atoms with van der Waals surface area (Å²) in [7, 11) is 0. The lowest BCUT2D eigenvalue weighted by Crippen LogP contribution is -2.62. The van der Waals surface area contributed by atoms with Crippen LogP contribution in [0.25, 0.3) is 11.3 Å². The Balaban J connectivity index is 0.820. The van der Waals surface area contributed by atoms with Crippen molar-refractivity contribution in [3.05, 3.63) is 66.2 Å². The lowest BCUT2D eigenvalue weighted by molar-refractivity contribution is -0.136. The Hall–Kier alpha value is -3.97. The van der Waals surface area contributed by atoms with Gasteiger partial charge in [-0.15, -0.1) is 10.2 Å². The molecule has 272 valence electrons. The van der Waals surface area contributed by atoms with Crippen LogP contribution in [-0.4, -0.2) is 126 Å². The van der Waals surface area contributed by atoms with Crippen molar-refractivity contribution in [2.24, 2.45) is 5.41 Å². The molecule has 5 fully saturated rings. The van der Waals surface area contributed by atoms with Gasteiger partial charge in [0.05, 0.1) is 36.3 Å². The number of para-hydroxylation sites is 1. The number of benzene rings is 2. The van der Waals surface area contributed by atoms with E-state index in [0.29, 0.717) is 41.7 Å². The lowest BCUT2D eigenvalue weighted by Gasteiger charge is -2.56. The van der Waals surface area contributed by atoms with Crippen LogP contribution in [0, 0.1) is 5.41 Å². The number of carbonyl (C=O) groups is 1. The molecule has 3 N–H and O–H groups in total. The molecular weight excluding hydrogens is 646 g/mol. The van der Waals surface area contributed by atoms with E-state index in [0.717, 1.165) is 102 Å². The fraction of sp³-hybridized carbons (Fsp3) is 0.564. The summed E-state index contributed by atoms with van der Waals surface area (Å²) >= 11 is 0. The highest BCUT2D eigenvalue weighted by atomic mass is 16.6. The third kappa shape index (κ3) is 7.51. The van der Waals surface area contributed by atoms with Crippen molar-refractivity contribution in [2.75, 3.05) is 82.8 Å². The average molecular weight is 698 g/mol. The molecule has 1 amide bonds. The van der Waals surface area contributed by atoms with E-state index < -0.39 is 0 Å². The maximum atomic E-state index is 12.7. The first kappa shape index (κ1) is 34.1. The summed E-state index contributed by atoms with van der Waals surface area (Å²) in [4.78, 5) is 22.1. The van der Waals surface area contributed by atoms with Crippen molar-refractivity contribution >= 4 is 17.6 Å². The zero-order chi connectivity index (χ0) is 34.8. The molecular formula is C39H51N7O5. The monoisotopic (exact) mass is 697 g/mol. The Kier molecular flexibility index (Phi) is 9.75. The fourth-order valence-corrected chi connectivity index (χ4v) is 9.15. The molecule has 1 saturated carbocycles. The fourth-order valence-electron chi connectivity index (χ4n) is 9.15. The van der Waals surface area contributed by atoms with Gasteiger partial charge in [-0.2, -0.15) is 0 Å². The van der Waals surface area contributed by atoms with Crippen molar-refractivity contribution < 1.29 is 24.1 Å². The molecule has 2 atom stereocenters. The summed E-state index contributed by atoms with van der Waals surface area (Å²) in [5, 5.41) is 19.0. The second kappa shape index (κ2) is 14.6. The topological polar surface area (TPSA) is 130 Å². The number of piperidine rings is 2. The number of phenolic OH excluding ortho intramolecular Hbond substituents is 1. The zero-order valence-corrected chi connectivity index (χ0v) is 29.5. The lowest BCUT2D eigenvalue weighted by atomic mass is 9.60. The minimum Gasteiger partial charge on any atom is -0.507 e. The van der Waals surface area contributed by atoms with Crippen molar-refractivity contribution in [1.29, 1.82) is 0 Å². The summed E-state index contributed by atoms with van der Waals surface area (Å²) in [5.74, 6) is 0.558. The second-order valence-electron chi connectivity index (χ2n) is 15.4. The van der Waals surface area contributed by atoms with Gasteiger partial charge in [-0.05, 0) is 67.7 Å². The van der Waals surface area contributed by atoms with Gasteiger partial charge in [-0.1, -0.05) is 42.5 Å². The van der Waals surface area contributed by atoms with Gasteiger partial charge < -0.3 is 34.9 Å². The number of nitrogen functional groups attached to an aromatic ring is 1. The van der Waals surface area contributed by atoms with Crippen LogP contribution >= 0.6 is 0 Å². The Bertz CT molecular complexity index is 1660. The molecule has 5 heterocycles. The Morgan fingerprint density at radius 3 is 2.57 bits per heavy atom. The van der Waals surface area contributed by atoms with Crippen LogP contribution in [0.3, 0.4) is 0 Å². The van der Waals surface area contributed by atoms with E-state index in [-0.39, 0.29) is 23.5 Å². The maximum Gasteiger partial charge on any atom is 0.410 e. The SMILES string of the molecule is Nc1nnc(-c2ccccc2O)cc1N1CCCC2(CN(C[C@H]3CN(C4CC5(CCN(C(=O)OCc6ccccc6)CC5)C4)CCO3)CCO2)C1. The van der Waals surface area contributed by atoms with E-state index in [1.807, 2.05) is 53.4 Å². The van der Waals surface area contributed by atoms with Gasteiger partial charge in [0.25, 0.3) is 0 Å². The molecule has 51 heavy (non-hydrogen) atoms. The molecule has 4 aliphatic heterocycles. The number of amides is 1. The van der Waals surface area contributed by atoms with Crippen molar-refractivity contribution in [3.8, 4) is 17.0 Å². The number of aromatic hydroxyl groups is 1. The molecule has 1 unspecified atom stereocenters. The number of aromatic nitrogens is 2. The summed E-state index contributed by atoms with van der Waals surface area (Å²) in [6.45, 7) is 9.54. The molecule has 8 rings (SSSR count). The van der Waals surface area contributed by atoms with Crippen LogP contribution < -0.4 is 10.6 Å². The highest BCUT2D eigenvalue weighted by Crippen LogP contribution is 2.51. The van der Waals surface area contributed by atoms with Crippen LogP contribution in [0.15, 0.2) is 60.7 Å². The first-order valence-corrected chi connectivity index (χ1v) is 18.7.